The Kier molecular flexibility index (Phi) is 5.53. The van der Waals surface area contributed by atoms with Crippen LogP contribution in [0.3, 0.4) is 0 Å². The van der Waals surface area contributed by atoms with Gasteiger partial charge in [-0.1, -0.05) is 20.8 Å². The number of ether oxygens (including phenoxy) is 3. The van der Waals surface area contributed by atoms with Crippen molar-refractivity contribution in [1.82, 2.24) is 0 Å². The Labute approximate surface area is 108 Å². The fourth-order valence-corrected chi connectivity index (χ4v) is 1.76. The molecule has 106 valence electrons. The molecule has 3 atom stereocenters. The van der Waals surface area contributed by atoms with E-state index in [9.17, 15) is 9.18 Å². The number of rotatable bonds is 5. The lowest BCUT2D eigenvalue weighted by molar-refractivity contribution is -0.171. The average molecular weight is 262 g/mol. The minimum Gasteiger partial charge on any atom is -0.464 e. The van der Waals surface area contributed by atoms with E-state index in [1.165, 1.54) is 0 Å². The summed E-state index contributed by atoms with van der Waals surface area (Å²) < 4.78 is 29.5. The lowest BCUT2D eigenvalue weighted by Gasteiger charge is -2.25. The molecule has 1 unspecified atom stereocenters. The molecule has 0 amide bonds. The topological polar surface area (TPSA) is 44.8 Å². The van der Waals surface area contributed by atoms with E-state index >= 15 is 0 Å². The molecule has 0 aromatic rings. The predicted molar refractivity (Wildman–Crippen MR) is 64.8 cm³/mol. The molecular formula is C13H23FO4. The first-order valence-corrected chi connectivity index (χ1v) is 6.39. The van der Waals surface area contributed by atoms with Gasteiger partial charge in [0.2, 0.25) is 6.17 Å². The summed E-state index contributed by atoms with van der Waals surface area (Å²) in [6, 6.07) is 0. The van der Waals surface area contributed by atoms with Gasteiger partial charge in [-0.2, -0.15) is 0 Å². The van der Waals surface area contributed by atoms with E-state index in [2.05, 4.69) is 4.74 Å². The number of carbonyl (C=O) groups excluding carboxylic acids is 1. The Morgan fingerprint density at radius 3 is 2.72 bits per heavy atom. The van der Waals surface area contributed by atoms with Gasteiger partial charge in [-0.3, -0.25) is 0 Å². The highest BCUT2D eigenvalue weighted by Crippen LogP contribution is 2.29. The third-order valence-electron chi connectivity index (χ3n) is 2.65. The van der Waals surface area contributed by atoms with Gasteiger partial charge in [0.1, 0.15) is 0 Å². The van der Waals surface area contributed by atoms with E-state index in [0.29, 0.717) is 19.6 Å². The molecule has 4 nitrogen and oxygen atoms in total. The van der Waals surface area contributed by atoms with Crippen molar-refractivity contribution in [2.45, 2.75) is 46.6 Å². The summed E-state index contributed by atoms with van der Waals surface area (Å²) in [7, 11) is 0. The van der Waals surface area contributed by atoms with Gasteiger partial charge in [0.05, 0.1) is 25.7 Å². The second-order valence-corrected chi connectivity index (χ2v) is 5.72. The SMILES string of the molecule is CCOC(=O)C(F)[C@@H]1CCO[C@H]1OCC(C)(C)C. The Bertz CT molecular complexity index is 275. The molecule has 1 aliphatic rings. The Morgan fingerprint density at radius 1 is 1.50 bits per heavy atom. The smallest absolute Gasteiger partial charge is 0.341 e. The van der Waals surface area contributed by atoms with Crippen LogP contribution in [0.5, 0.6) is 0 Å². The molecule has 18 heavy (non-hydrogen) atoms. The number of hydrogen-bond donors (Lipinski definition) is 0. The number of halogens is 1. The van der Waals surface area contributed by atoms with Crippen LogP contribution >= 0.6 is 0 Å². The summed E-state index contributed by atoms with van der Waals surface area (Å²) in [5.41, 5.74) is -0.0216. The van der Waals surface area contributed by atoms with Crippen LogP contribution in [0.1, 0.15) is 34.1 Å². The van der Waals surface area contributed by atoms with Gasteiger partial charge in [-0.15, -0.1) is 0 Å². The molecule has 0 saturated carbocycles. The largest absolute Gasteiger partial charge is 0.464 e. The summed E-state index contributed by atoms with van der Waals surface area (Å²) >= 11 is 0. The van der Waals surface area contributed by atoms with E-state index in [4.69, 9.17) is 9.47 Å². The highest BCUT2D eigenvalue weighted by Gasteiger charge is 2.40. The van der Waals surface area contributed by atoms with Crippen molar-refractivity contribution in [3.8, 4) is 0 Å². The van der Waals surface area contributed by atoms with Gasteiger partial charge < -0.3 is 14.2 Å². The summed E-state index contributed by atoms with van der Waals surface area (Å²) in [6.07, 6.45) is -1.84. The highest BCUT2D eigenvalue weighted by molar-refractivity contribution is 5.75. The van der Waals surface area contributed by atoms with Crippen molar-refractivity contribution in [2.75, 3.05) is 19.8 Å². The molecule has 0 spiro atoms. The van der Waals surface area contributed by atoms with Crippen LogP contribution in [0.4, 0.5) is 4.39 Å². The van der Waals surface area contributed by atoms with Crippen LogP contribution in [0, 0.1) is 11.3 Å². The Balaban J connectivity index is 2.51. The first-order chi connectivity index (χ1) is 8.35. The van der Waals surface area contributed by atoms with Gasteiger partial charge in [0, 0.05) is 0 Å². The fraction of sp³-hybridized carbons (Fsp3) is 0.923. The van der Waals surface area contributed by atoms with Gasteiger partial charge in [0.25, 0.3) is 0 Å². The molecule has 0 bridgehead atoms. The maximum absolute atomic E-state index is 13.9. The molecule has 0 radical (unpaired) electrons. The summed E-state index contributed by atoms with van der Waals surface area (Å²) in [6.45, 7) is 8.78. The normalized spacial score (nSPS) is 26.1. The summed E-state index contributed by atoms with van der Waals surface area (Å²) in [5, 5.41) is 0. The Hall–Kier alpha value is -0.680. The van der Waals surface area contributed by atoms with Crippen molar-refractivity contribution < 1.29 is 23.4 Å². The molecule has 0 aromatic heterocycles. The van der Waals surface area contributed by atoms with E-state index in [1.807, 2.05) is 20.8 Å². The quantitative estimate of drug-likeness (QED) is 0.713. The summed E-state index contributed by atoms with van der Waals surface area (Å²) in [5.74, 6) is -1.39. The summed E-state index contributed by atoms with van der Waals surface area (Å²) in [4.78, 5) is 11.4. The van der Waals surface area contributed by atoms with E-state index in [0.717, 1.165) is 0 Å². The zero-order chi connectivity index (χ0) is 13.8. The van der Waals surface area contributed by atoms with E-state index in [1.54, 1.807) is 6.92 Å². The molecule has 1 rings (SSSR count). The lowest BCUT2D eigenvalue weighted by Crippen LogP contribution is -2.35. The lowest BCUT2D eigenvalue weighted by atomic mass is 9.98. The molecule has 1 fully saturated rings. The third-order valence-corrected chi connectivity index (χ3v) is 2.65. The zero-order valence-corrected chi connectivity index (χ0v) is 11.6. The number of esters is 1. The van der Waals surface area contributed by atoms with Gasteiger partial charge >= 0.3 is 5.97 Å². The third kappa shape index (κ3) is 4.53. The van der Waals surface area contributed by atoms with Crippen LogP contribution in [0.15, 0.2) is 0 Å². The monoisotopic (exact) mass is 262 g/mol. The second-order valence-electron chi connectivity index (χ2n) is 5.72. The number of hydrogen-bond acceptors (Lipinski definition) is 4. The number of alkyl halides is 1. The molecule has 1 heterocycles. The molecule has 1 saturated heterocycles. The van der Waals surface area contributed by atoms with Crippen molar-refractivity contribution >= 4 is 5.97 Å². The van der Waals surface area contributed by atoms with Gasteiger partial charge in [-0.25, -0.2) is 9.18 Å². The molecule has 0 N–H and O–H groups in total. The van der Waals surface area contributed by atoms with Crippen LogP contribution in [0.25, 0.3) is 0 Å². The van der Waals surface area contributed by atoms with E-state index < -0.39 is 24.3 Å². The fourth-order valence-electron chi connectivity index (χ4n) is 1.76. The van der Waals surface area contributed by atoms with Crippen molar-refractivity contribution in [1.29, 1.82) is 0 Å². The van der Waals surface area contributed by atoms with Crippen LogP contribution in [0.2, 0.25) is 0 Å². The maximum Gasteiger partial charge on any atom is 0.341 e. The van der Waals surface area contributed by atoms with Crippen molar-refractivity contribution in [2.24, 2.45) is 11.3 Å². The van der Waals surface area contributed by atoms with Gasteiger partial charge in [0.15, 0.2) is 6.29 Å². The van der Waals surface area contributed by atoms with Crippen molar-refractivity contribution in [3.05, 3.63) is 0 Å². The zero-order valence-electron chi connectivity index (χ0n) is 11.6. The van der Waals surface area contributed by atoms with Crippen LogP contribution < -0.4 is 0 Å². The van der Waals surface area contributed by atoms with E-state index in [-0.39, 0.29) is 12.0 Å². The first kappa shape index (κ1) is 15.4. The molecule has 1 aliphatic heterocycles. The Morgan fingerprint density at radius 2 is 2.17 bits per heavy atom. The first-order valence-electron chi connectivity index (χ1n) is 6.39. The van der Waals surface area contributed by atoms with Gasteiger partial charge in [-0.05, 0) is 18.8 Å². The number of carbonyl (C=O) groups is 1. The molecular weight excluding hydrogens is 239 g/mol. The molecule has 0 aliphatic carbocycles. The minimum absolute atomic E-state index is 0.0216. The van der Waals surface area contributed by atoms with Crippen molar-refractivity contribution in [3.63, 3.8) is 0 Å². The maximum atomic E-state index is 13.9. The minimum atomic E-state index is -1.67. The van der Waals surface area contributed by atoms with Crippen LogP contribution in [-0.4, -0.2) is 38.3 Å². The average Bonchev–Trinajstić information content (AvgIpc) is 2.72. The second kappa shape index (κ2) is 6.48. The molecule has 0 aromatic carbocycles. The van der Waals surface area contributed by atoms with Crippen LogP contribution in [-0.2, 0) is 19.0 Å². The molecule has 5 heteroatoms. The standard InChI is InChI=1S/C13H23FO4/c1-5-16-11(15)10(14)9-6-7-17-12(9)18-8-13(2,3)4/h9-10,12H,5-8H2,1-4H3/t9-,10?,12-/m0/s1. The predicted octanol–water partition coefficient (Wildman–Crippen LogP) is 2.31. The highest BCUT2D eigenvalue weighted by atomic mass is 19.1.